The minimum atomic E-state index is -0.391. The predicted octanol–water partition coefficient (Wildman–Crippen LogP) is 2.09. The van der Waals surface area contributed by atoms with Crippen LogP contribution < -0.4 is 5.90 Å². The van der Waals surface area contributed by atoms with E-state index in [0.717, 1.165) is 12.8 Å². The quantitative estimate of drug-likeness (QED) is 0.361. The highest BCUT2D eigenvalue weighted by Crippen LogP contribution is 2.07. The van der Waals surface area contributed by atoms with Gasteiger partial charge in [0, 0.05) is 6.42 Å². The van der Waals surface area contributed by atoms with Gasteiger partial charge in [-0.25, -0.2) is 4.79 Å². The van der Waals surface area contributed by atoms with Crippen LogP contribution >= 0.6 is 0 Å². The Morgan fingerprint density at radius 3 is 2.38 bits per heavy atom. The average molecular weight is 189 g/mol. The lowest BCUT2D eigenvalue weighted by molar-refractivity contribution is -0.276. The summed E-state index contributed by atoms with van der Waals surface area (Å²) in [5.74, 6) is 4.17. The highest BCUT2D eigenvalue weighted by Gasteiger charge is 2.01. The summed E-state index contributed by atoms with van der Waals surface area (Å²) in [5, 5.41) is 0. The molecule has 0 atom stereocenters. The third kappa shape index (κ3) is 9.30. The first-order chi connectivity index (χ1) is 6.31. The number of hydrogen-bond donors (Lipinski definition) is 1. The molecule has 13 heavy (non-hydrogen) atoms. The third-order valence-electron chi connectivity index (χ3n) is 1.88. The lowest BCUT2D eigenvalue weighted by Crippen LogP contribution is -2.08. The predicted molar refractivity (Wildman–Crippen MR) is 49.4 cm³/mol. The molecule has 0 saturated heterocycles. The van der Waals surface area contributed by atoms with Crippen molar-refractivity contribution in [2.45, 2.75) is 51.9 Å². The topological polar surface area (TPSA) is 61.5 Å². The zero-order valence-corrected chi connectivity index (χ0v) is 8.25. The summed E-state index contributed by atoms with van der Waals surface area (Å²) in [6.07, 6.45) is 7.26. The molecule has 0 amide bonds. The lowest BCUT2D eigenvalue weighted by atomic mass is 10.1. The Bertz CT molecular complexity index is 128. The fourth-order valence-corrected chi connectivity index (χ4v) is 1.14. The van der Waals surface area contributed by atoms with E-state index in [-0.39, 0.29) is 0 Å². The Morgan fingerprint density at radius 1 is 1.15 bits per heavy atom. The van der Waals surface area contributed by atoms with E-state index < -0.39 is 5.97 Å². The maximum atomic E-state index is 10.7. The van der Waals surface area contributed by atoms with Crippen LogP contribution in [0.3, 0.4) is 0 Å². The third-order valence-corrected chi connectivity index (χ3v) is 1.88. The molecule has 0 heterocycles. The van der Waals surface area contributed by atoms with Crippen molar-refractivity contribution in [1.29, 1.82) is 0 Å². The van der Waals surface area contributed by atoms with Crippen LogP contribution in [0.2, 0.25) is 0 Å². The second-order valence-electron chi connectivity index (χ2n) is 3.07. The summed E-state index contributed by atoms with van der Waals surface area (Å²) in [6.45, 7) is 2.18. The van der Waals surface area contributed by atoms with Gasteiger partial charge in [-0.05, 0) is 6.42 Å². The molecular weight excluding hydrogens is 170 g/mol. The SMILES string of the molecule is CCCCCCCCC(=O)OON. The molecule has 0 aromatic carbocycles. The average Bonchev–Trinajstić information content (AvgIpc) is 2.11. The van der Waals surface area contributed by atoms with E-state index in [1.807, 2.05) is 0 Å². The monoisotopic (exact) mass is 189 g/mol. The van der Waals surface area contributed by atoms with Crippen LogP contribution in [0.5, 0.6) is 0 Å². The van der Waals surface area contributed by atoms with E-state index in [9.17, 15) is 4.79 Å². The smallest absolute Gasteiger partial charge is 0.280 e. The number of hydrogen-bond acceptors (Lipinski definition) is 4. The molecule has 0 aromatic rings. The molecular formula is C9H19NO3. The maximum Gasteiger partial charge on any atom is 0.344 e. The van der Waals surface area contributed by atoms with Crippen LogP contribution in [0.15, 0.2) is 0 Å². The summed E-state index contributed by atoms with van der Waals surface area (Å²) in [7, 11) is 0. The van der Waals surface area contributed by atoms with Gasteiger partial charge in [-0.1, -0.05) is 44.0 Å². The standard InChI is InChI=1S/C9H19NO3/c1-2-3-4-5-6-7-8-9(11)12-13-10/h2-8,10H2,1H3. The van der Waals surface area contributed by atoms with Gasteiger partial charge >= 0.3 is 5.97 Å². The van der Waals surface area contributed by atoms with Crippen molar-refractivity contribution in [3.63, 3.8) is 0 Å². The fourth-order valence-electron chi connectivity index (χ4n) is 1.14. The van der Waals surface area contributed by atoms with E-state index in [4.69, 9.17) is 0 Å². The summed E-state index contributed by atoms with van der Waals surface area (Å²) in [4.78, 5) is 18.6. The van der Waals surface area contributed by atoms with Crippen LogP contribution in [0.4, 0.5) is 0 Å². The van der Waals surface area contributed by atoms with Gasteiger partial charge in [0.25, 0.3) is 0 Å². The van der Waals surface area contributed by atoms with Crippen LogP contribution in [0, 0.1) is 0 Å². The molecule has 0 unspecified atom stereocenters. The minimum Gasteiger partial charge on any atom is -0.280 e. The van der Waals surface area contributed by atoms with Gasteiger partial charge in [-0.3, -0.25) is 4.89 Å². The zero-order chi connectivity index (χ0) is 9.94. The normalized spacial score (nSPS) is 10.0. The van der Waals surface area contributed by atoms with Crippen LogP contribution in [0.25, 0.3) is 0 Å². The first kappa shape index (κ1) is 12.4. The number of unbranched alkanes of at least 4 members (excludes halogenated alkanes) is 5. The summed E-state index contributed by atoms with van der Waals surface area (Å²) in [5.41, 5.74) is 0. The highest BCUT2D eigenvalue weighted by atomic mass is 17.3. The lowest BCUT2D eigenvalue weighted by Gasteiger charge is -1.99. The van der Waals surface area contributed by atoms with Gasteiger partial charge in [0.1, 0.15) is 0 Å². The van der Waals surface area contributed by atoms with Crippen LogP contribution in [-0.2, 0) is 14.7 Å². The van der Waals surface area contributed by atoms with Gasteiger partial charge in [-0.2, -0.15) is 5.90 Å². The molecule has 0 saturated carbocycles. The second-order valence-corrected chi connectivity index (χ2v) is 3.07. The molecule has 0 bridgehead atoms. The van der Waals surface area contributed by atoms with Crippen molar-refractivity contribution in [3.8, 4) is 0 Å². The Hall–Kier alpha value is -0.610. The van der Waals surface area contributed by atoms with E-state index in [1.165, 1.54) is 25.7 Å². The molecule has 4 heteroatoms. The van der Waals surface area contributed by atoms with Crippen LogP contribution in [-0.4, -0.2) is 5.97 Å². The van der Waals surface area contributed by atoms with E-state index in [0.29, 0.717) is 6.42 Å². The van der Waals surface area contributed by atoms with E-state index >= 15 is 0 Å². The Labute approximate surface area is 79.3 Å². The highest BCUT2D eigenvalue weighted by molar-refractivity contribution is 5.68. The molecule has 4 nitrogen and oxygen atoms in total. The molecule has 0 aliphatic carbocycles. The van der Waals surface area contributed by atoms with Gasteiger partial charge in [0.05, 0.1) is 0 Å². The van der Waals surface area contributed by atoms with Gasteiger partial charge < -0.3 is 0 Å². The largest absolute Gasteiger partial charge is 0.344 e. The van der Waals surface area contributed by atoms with Crippen LogP contribution in [0.1, 0.15) is 51.9 Å². The first-order valence-electron chi connectivity index (χ1n) is 4.87. The molecule has 0 radical (unpaired) electrons. The molecule has 0 aliphatic rings. The van der Waals surface area contributed by atoms with Gasteiger partial charge in [0.15, 0.2) is 0 Å². The van der Waals surface area contributed by atoms with Crippen molar-refractivity contribution in [3.05, 3.63) is 0 Å². The molecule has 0 fully saturated rings. The summed E-state index contributed by atoms with van der Waals surface area (Å²) in [6, 6.07) is 0. The number of nitrogens with two attached hydrogens (primary N) is 1. The molecule has 2 N–H and O–H groups in total. The summed E-state index contributed by atoms with van der Waals surface area (Å²) >= 11 is 0. The summed E-state index contributed by atoms with van der Waals surface area (Å²) < 4.78 is 0. The Morgan fingerprint density at radius 2 is 1.77 bits per heavy atom. The molecule has 0 aromatic heterocycles. The fraction of sp³-hybridized carbons (Fsp3) is 0.889. The molecule has 0 rings (SSSR count). The van der Waals surface area contributed by atoms with Crippen molar-refractivity contribution in [2.24, 2.45) is 5.90 Å². The van der Waals surface area contributed by atoms with Crippen molar-refractivity contribution < 1.29 is 14.7 Å². The minimum absolute atomic E-state index is 0.391. The van der Waals surface area contributed by atoms with E-state index in [2.05, 4.69) is 22.7 Å². The number of rotatable bonds is 8. The van der Waals surface area contributed by atoms with E-state index in [1.54, 1.807) is 0 Å². The second kappa shape index (κ2) is 9.48. The number of carbonyl (C=O) groups excluding carboxylic acids is 1. The molecule has 0 spiro atoms. The molecule has 0 aliphatic heterocycles. The van der Waals surface area contributed by atoms with Gasteiger partial charge in [-0.15, -0.1) is 0 Å². The zero-order valence-electron chi connectivity index (χ0n) is 8.25. The maximum absolute atomic E-state index is 10.7. The van der Waals surface area contributed by atoms with Crippen molar-refractivity contribution in [1.82, 2.24) is 0 Å². The Balaban J connectivity index is 3.02. The van der Waals surface area contributed by atoms with Crippen molar-refractivity contribution >= 4 is 5.97 Å². The van der Waals surface area contributed by atoms with Gasteiger partial charge in [0.2, 0.25) is 0 Å². The Kier molecular flexibility index (Phi) is 9.03. The van der Waals surface area contributed by atoms with Crippen molar-refractivity contribution in [2.75, 3.05) is 0 Å². The number of carbonyl (C=O) groups is 1. The molecule has 78 valence electrons. The first-order valence-corrected chi connectivity index (χ1v) is 4.87.